The average Bonchev–Trinajstić information content (AvgIpc) is 2.91. The number of carbonyl (C=O) groups is 1. The number of hydrogen-bond donors (Lipinski definition) is 1. The highest BCUT2D eigenvalue weighted by Crippen LogP contribution is 2.18. The number of rotatable bonds is 6. The van der Waals surface area contributed by atoms with Gasteiger partial charge >= 0.3 is 5.97 Å². The van der Waals surface area contributed by atoms with Gasteiger partial charge in [-0.1, -0.05) is 11.8 Å². The first-order valence-electron chi connectivity index (χ1n) is 5.77. The summed E-state index contributed by atoms with van der Waals surface area (Å²) in [6, 6.07) is 0. The van der Waals surface area contributed by atoms with Crippen molar-refractivity contribution >= 4 is 17.7 Å². The molecule has 0 saturated carbocycles. The minimum Gasteiger partial charge on any atom is -0.481 e. The second-order valence-electron chi connectivity index (χ2n) is 4.10. The fourth-order valence-corrected chi connectivity index (χ4v) is 2.43. The lowest BCUT2D eigenvalue weighted by Gasteiger charge is -2.07. The molecule has 7 nitrogen and oxygen atoms in total. The van der Waals surface area contributed by atoms with Crippen molar-refractivity contribution in [3.8, 4) is 0 Å². The molecule has 8 heteroatoms. The van der Waals surface area contributed by atoms with Gasteiger partial charge < -0.3 is 9.67 Å². The lowest BCUT2D eigenvalue weighted by Crippen LogP contribution is -2.07. The van der Waals surface area contributed by atoms with E-state index in [-0.39, 0.29) is 5.75 Å². The number of imidazole rings is 1. The van der Waals surface area contributed by atoms with Gasteiger partial charge in [-0.15, -0.1) is 0 Å². The van der Waals surface area contributed by atoms with Crippen molar-refractivity contribution in [1.29, 1.82) is 0 Å². The normalized spacial score (nSPS) is 10.8. The summed E-state index contributed by atoms with van der Waals surface area (Å²) >= 11 is 1.22. The molecule has 2 heterocycles. The second kappa shape index (κ2) is 5.87. The van der Waals surface area contributed by atoms with Crippen molar-refractivity contribution in [1.82, 2.24) is 24.3 Å². The van der Waals surface area contributed by atoms with E-state index in [0.29, 0.717) is 13.0 Å². The fraction of sp³-hybridized carbons (Fsp3) is 0.455. The monoisotopic (exact) mass is 281 g/mol. The van der Waals surface area contributed by atoms with Crippen LogP contribution in [0.5, 0.6) is 0 Å². The lowest BCUT2D eigenvalue weighted by atomic mass is 10.4. The van der Waals surface area contributed by atoms with Crippen LogP contribution < -0.4 is 0 Å². The molecular weight excluding hydrogens is 266 g/mol. The van der Waals surface area contributed by atoms with Gasteiger partial charge in [0.2, 0.25) is 0 Å². The van der Waals surface area contributed by atoms with Crippen molar-refractivity contribution in [2.45, 2.75) is 25.0 Å². The summed E-state index contributed by atoms with van der Waals surface area (Å²) in [5.74, 6) is -0.0634. The standard InChI is InChI=1S/C11H15N5O2S/c1-8-5-12-11(19-6-10(17)18)16(8)4-3-9-13-7-15(2)14-9/h5,7H,3-4,6H2,1-2H3,(H,17,18). The number of nitrogens with zero attached hydrogens (tertiary/aromatic N) is 5. The number of carboxylic acid groups (broad SMARTS) is 1. The van der Waals surface area contributed by atoms with Crippen molar-refractivity contribution in [3.05, 3.63) is 24.0 Å². The van der Waals surface area contributed by atoms with E-state index in [9.17, 15) is 4.79 Å². The molecule has 0 unspecified atom stereocenters. The number of carboxylic acids is 1. The maximum absolute atomic E-state index is 10.6. The first kappa shape index (κ1) is 13.6. The quantitative estimate of drug-likeness (QED) is 0.786. The number of aryl methyl sites for hydroxylation is 3. The van der Waals surface area contributed by atoms with E-state index >= 15 is 0 Å². The topological polar surface area (TPSA) is 85.8 Å². The van der Waals surface area contributed by atoms with Crippen LogP contribution in [-0.4, -0.2) is 41.1 Å². The third-order valence-electron chi connectivity index (χ3n) is 2.55. The van der Waals surface area contributed by atoms with Crippen LogP contribution >= 0.6 is 11.8 Å². The Balaban J connectivity index is 2.02. The molecule has 1 N–H and O–H groups in total. The zero-order valence-electron chi connectivity index (χ0n) is 10.8. The Morgan fingerprint density at radius 1 is 1.47 bits per heavy atom. The maximum atomic E-state index is 10.6. The molecule has 0 atom stereocenters. The molecule has 0 aliphatic rings. The zero-order valence-corrected chi connectivity index (χ0v) is 11.6. The summed E-state index contributed by atoms with van der Waals surface area (Å²) < 4.78 is 3.65. The minimum atomic E-state index is -0.844. The van der Waals surface area contributed by atoms with E-state index in [1.54, 1.807) is 17.2 Å². The molecule has 0 spiro atoms. The van der Waals surface area contributed by atoms with E-state index in [4.69, 9.17) is 5.11 Å². The van der Waals surface area contributed by atoms with Crippen LogP contribution in [0.4, 0.5) is 0 Å². The van der Waals surface area contributed by atoms with E-state index in [1.807, 2.05) is 18.5 Å². The van der Waals surface area contributed by atoms with Crippen LogP contribution in [-0.2, 0) is 24.8 Å². The molecule has 0 saturated heterocycles. The van der Waals surface area contributed by atoms with Crippen LogP contribution in [0, 0.1) is 6.92 Å². The summed E-state index contributed by atoms with van der Waals surface area (Å²) in [6.07, 6.45) is 4.10. The van der Waals surface area contributed by atoms with Crippen molar-refractivity contribution < 1.29 is 9.90 Å². The number of aromatic nitrogens is 5. The Labute approximate surface area is 114 Å². The Hall–Kier alpha value is -1.83. The summed E-state index contributed by atoms with van der Waals surface area (Å²) in [5.41, 5.74) is 1.00. The molecule has 102 valence electrons. The largest absolute Gasteiger partial charge is 0.481 e. The van der Waals surface area contributed by atoms with Crippen LogP contribution in [0.15, 0.2) is 17.7 Å². The predicted molar refractivity (Wildman–Crippen MR) is 70.0 cm³/mol. The fourth-order valence-electron chi connectivity index (χ4n) is 1.66. The Morgan fingerprint density at radius 2 is 2.26 bits per heavy atom. The van der Waals surface area contributed by atoms with Gasteiger partial charge in [0.25, 0.3) is 0 Å². The summed E-state index contributed by atoms with van der Waals surface area (Å²) in [6.45, 7) is 2.64. The summed E-state index contributed by atoms with van der Waals surface area (Å²) in [7, 11) is 1.83. The molecule has 2 rings (SSSR count). The van der Waals surface area contributed by atoms with E-state index in [2.05, 4.69) is 15.1 Å². The van der Waals surface area contributed by atoms with Gasteiger partial charge in [0, 0.05) is 31.9 Å². The molecule has 0 aromatic carbocycles. The Bertz CT molecular complexity index is 577. The molecule has 19 heavy (non-hydrogen) atoms. The first-order valence-corrected chi connectivity index (χ1v) is 6.76. The van der Waals surface area contributed by atoms with Crippen LogP contribution in [0.25, 0.3) is 0 Å². The van der Waals surface area contributed by atoms with Gasteiger partial charge in [-0.25, -0.2) is 9.97 Å². The maximum Gasteiger partial charge on any atom is 0.313 e. The van der Waals surface area contributed by atoms with Crippen molar-refractivity contribution in [2.75, 3.05) is 5.75 Å². The Morgan fingerprint density at radius 3 is 2.89 bits per heavy atom. The van der Waals surface area contributed by atoms with Gasteiger partial charge in [0.05, 0.1) is 5.75 Å². The summed E-state index contributed by atoms with van der Waals surface area (Å²) in [4.78, 5) is 19.0. The highest BCUT2D eigenvalue weighted by molar-refractivity contribution is 7.99. The van der Waals surface area contributed by atoms with Crippen LogP contribution in [0.3, 0.4) is 0 Å². The first-order chi connectivity index (χ1) is 9.06. The second-order valence-corrected chi connectivity index (χ2v) is 5.04. The van der Waals surface area contributed by atoms with Gasteiger partial charge in [-0.05, 0) is 6.92 Å². The third-order valence-corrected chi connectivity index (χ3v) is 3.52. The number of aliphatic carboxylic acids is 1. The molecule has 0 radical (unpaired) electrons. The van der Waals surface area contributed by atoms with Crippen molar-refractivity contribution in [2.24, 2.45) is 7.05 Å². The zero-order chi connectivity index (χ0) is 13.8. The minimum absolute atomic E-state index is 0.0122. The number of thioether (sulfide) groups is 1. The van der Waals surface area contributed by atoms with Crippen molar-refractivity contribution in [3.63, 3.8) is 0 Å². The number of hydrogen-bond acceptors (Lipinski definition) is 5. The molecule has 2 aromatic rings. The average molecular weight is 281 g/mol. The Kier molecular flexibility index (Phi) is 4.20. The van der Waals surface area contributed by atoms with E-state index in [0.717, 1.165) is 16.7 Å². The molecule has 2 aromatic heterocycles. The summed E-state index contributed by atoms with van der Waals surface area (Å²) in [5, 5.41) is 13.6. The molecular formula is C11H15N5O2S. The lowest BCUT2D eigenvalue weighted by molar-refractivity contribution is -0.133. The van der Waals surface area contributed by atoms with Gasteiger partial charge in [-0.2, -0.15) is 5.10 Å². The van der Waals surface area contributed by atoms with Crippen LogP contribution in [0.1, 0.15) is 11.5 Å². The smallest absolute Gasteiger partial charge is 0.313 e. The highest BCUT2D eigenvalue weighted by atomic mass is 32.2. The molecule has 0 fully saturated rings. The third kappa shape index (κ3) is 3.57. The molecule has 0 aliphatic carbocycles. The SMILES string of the molecule is Cc1cnc(SCC(=O)O)n1CCc1ncn(C)n1. The molecule has 0 bridgehead atoms. The van der Waals surface area contributed by atoms with E-state index < -0.39 is 5.97 Å². The molecule has 0 aliphatic heterocycles. The molecule has 0 amide bonds. The highest BCUT2D eigenvalue weighted by Gasteiger charge is 2.10. The van der Waals surface area contributed by atoms with Gasteiger partial charge in [0.15, 0.2) is 11.0 Å². The van der Waals surface area contributed by atoms with Gasteiger partial charge in [-0.3, -0.25) is 9.48 Å². The van der Waals surface area contributed by atoms with Gasteiger partial charge in [0.1, 0.15) is 6.33 Å². The predicted octanol–water partition coefficient (Wildman–Crippen LogP) is 0.739. The van der Waals surface area contributed by atoms with Crippen LogP contribution in [0.2, 0.25) is 0 Å². The van der Waals surface area contributed by atoms with E-state index in [1.165, 1.54) is 11.8 Å².